The van der Waals surface area contributed by atoms with Crippen LogP contribution in [0.4, 0.5) is 0 Å². The summed E-state index contributed by atoms with van der Waals surface area (Å²) >= 11 is 5.94. The van der Waals surface area contributed by atoms with Gasteiger partial charge in [0.05, 0.1) is 0 Å². The third-order valence-electron chi connectivity index (χ3n) is 4.12. The number of hydrogen-bond donors (Lipinski definition) is 0. The van der Waals surface area contributed by atoms with Crippen molar-refractivity contribution in [3.8, 4) is 0 Å². The Kier molecular flexibility index (Phi) is 5.22. The molecule has 0 aliphatic carbocycles. The molecule has 3 aromatic rings. The molecule has 4 heteroatoms. The van der Waals surface area contributed by atoms with Crippen LogP contribution in [-0.4, -0.2) is 6.21 Å². The molecular weight excluding hydrogens is 349 g/mol. The van der Waals surface area contributed by atoms with Gasteiger partial charge in [-0.1, -0.05) is 60.1 Å². The highest BCUT2D eigenvalue weighted by Crippen LogP contribution is 2.46. The van der Waals surface area contributed by atoms with E-state index in [1.807, 2.05) is 74.5 Å². The molecule has 0 aromatic heterocycles. The van der Waals surface area contributed by atoms with Gasteiger partial charge in [0.2, 0.25) is 7.29 Å². The Morgan fingerprint density at radius 2 is 1.28 bits per heavy atom. The third kappa shape index (κ3) is 3.76. The number of hydrogen-bond acceptors (Lipinski definition) is 1. The first-order valence-electron chi connectivity index (χ1n) is 8.04. The molecule has 0 amide bonds. The Balaban J connectivity index is 2.16. The van der Waals surface area contributed by atoms with Crippen LogP contribution in [0.1, 0.15) is 16.7 Å². The molecule has 0 radical (unpaired) electrons. The van der Waals surface area contributed by atoms with Crippen LogP contribution >= 0.6 is 18.9 Å². The zero-order chi connectivity index (χ0) is 17.9. The van der Waals surface area contributed by atoms with Gasteiger partial charge in [-0.3, -0.25) is 4.57 Å². The number of aryl methyl sites for hydroxylation is 2. The lowest BCUT2D eigenvalue weighted by molar-refractivity contribution is 0.588. The Bertz CT molecular complexity index is 914. The lowest BCUT2D eigenvalue weighted by atomic mass is 10.2. The number of nitrogens with zero attached hydrogens (tertiary/aromatic N) is 1. The van der Waals surface area contributed by atoms with Crippen LogP contribution < -0.4 is 10.6 Å². The molecule has 0 aliphatic heterocycles. The van der Waals surface area contributed by atoms with Crippen LogP contribution in [0.5, 0.6) is 0 Å². The van der Waals surface area contributed by atoms with E-state index < -0.39 is 7.29 Å². The van der Waals surface area contributed by atoms with E-state index in [9.17, 15) is 4.57 Å². The minimum absolute atomic E-state index is 0.665. The molecule has 0 saturated carbocycles. The Hall–Kier alpha value is -2.15. The second kappa shape index (κ2) is 7.39. The van der Waals surface area contributed by atoms with Crippen LogP contribution in [-0.2, 0) is 4.57 Å². The van der Waals surface area contributed by atoms with Gasteiger partial charge >= 0.3 is 0 Å². The van der Waals surface area contributed by atoms with Gasteiger partial charge in [-0.05, 0) is 54.8 Å². The summed E-state index contributed by atoms with van der Waals surface area (Å²) in [5.74, 6) is 0. The number of halogens is 1. The van der Waals surface area contributed by atoms with Crippen LogP contribution in [0.15, 0.2) is 77.6 Å². The lowest BCUT2D eigenvalue weighted by Crippen LogP contribution is -2.19. The second-order valence-corrected chi connectivity index (χ2v) is 8.73. The minimum Gasteiger partial charge on any atom is -0.288 e. The predicted molar refractivity (Wildman–Crippen MR) is 108 cm³/mol. The molecule has 0 bridgehead atoms. The fraction of sp³-hybridized carbons (Fsp3) is 0.0952. The van der Waals surface area contributed by atoms with Crippen molar-refractivity contribution in [3.63, 3.8) is 0 Å². The highest BCUT2D eigenvalue weighted by molar-refractivity contribution is 7.77. The Labute approximate surface area is 153 Å². The summed E-state index contributed by atoms with van der Waals surface area (Å²) in [6.07, 6.45) is 1.68. The molecule has 2 nitrogen and oxygen atoms in total. The SMILES string of the molecule is Cc1ccccc1P(=O)(/N=C\c1ccc(Cl)cc1)c1ccccc1C. The quantitative estimate of drug-likeness (QED) is 0.454. The first-order chi connectivity index (χ1) is 12.0. The van der Waals surface area contributed by atoms with E-state index in [2.05, 4.69) is 4.76 Å². The summed E-state index contributed by atoms with van der Waals surface area (Å²) < 4.78 is 18.7. The largest absolute Gasteiger partial charge is 0.288 e. The average molecular weight is 368 g/mol. The molecule has 0 N–H and O–H groups in total. The first kappa shape index (κ1) is 17.7. The van der Waals surface area contributed by atoms with E-state index in [0.29, 0.717) is 5.02 Å². The van der Waals surface area contributed by atoms with Gasteiger partial charge in [0, 0.05) is 21.8 Å². The molecule has 0 heterocycles. The molecule has 0 saturated heterocycles. The van der Waals surface area contributed by atoms with Crippen LogP contribution in [0.3, 0.4) is 0 Å². The third-order valence-corrected chi connectivity index (χ3v) is 7.13. The maximum absolute atomic E-state index is 14.1. The predicted octanol–water partition coefficient (Wildman–Crippen LogP) is 5.30. The van der Waals surface area contributed by atoms with Crippen molar-refractivity contribution in [2.24, 2.45) is 4.76 Å². The fourth-order valence-electron chi connectivity index (χ4n) is 2.76. The van der Waals surface area contributed by atoms with Crippen molar-refractivity contribution >= 4 is 35.7 Å². The first-order valence-corrected chi connectivity index (χ1v) is 10.1. The molecule has 126 valence electrons. The molecule has 0 fully saturated rings. The van der Waals surface area contributed by atoms with Crippen molar-refractivity contribution in [1.29, 1.82) is 0 Å². The van der Waals surface area contributed by atoms with E-state index in [0.717, 1.165) is 27.3 Å². The molecule has 0 atom stereocenters. The van der Waals surface area contributed by atoms with Gasteiger partial charge in [-0.25, -0.2) is 4.76 Å². The summed E-state index contributed by atoms with van der Waals surface area (Å²) in [5, 5.41) is 2.21. The van der Waals surface area contributed by atoms with Gasteiger partial charge in [0.1, 0.15) is 0 Å². The molecular formula is C21H19ClNOP. The summed E-state index contributed by atoms with van der Waals surface area (Å²) in [6.45, 7) is 3.94. The lowest BCUT2D eigenvalue weighted by Gasteiger charge is -2.18. The Morgan fingerprint density at radius 3 is 1.76 bits per heavy atom. The highest BCUT2D eigenvalue weighted by Gasteiger charge is 2.29. The van der Waals surface area contributed by atoms with E-state index >= 15 is 0 Å². The standard InChI is InChI=1S/C21H19ClNOP/c1-16-7-3-5-9-20(16)25(24,21-10-6-4-8-17(21)2)23-15-18-11-13-19(22)14-12-18/h3-15H,1-2H3/b23-15-. The molecule has 25 heavy (non-hydrogen) atoms. The second-order valence-electron chi connectivity index (χ2n) is 5.95. The van der Waals surface area contributed by atoms with Crippen LogP contribution in [0.2, 0.25) is 5.02 Å². The topological polar surface area (TPSA) is 29.4 Å². The molecule has 0 aliphatic rings. The monoisotopic (exact) mass is 367 g/mol. The summed E-state index contributed by atoms with van der Waals surface area (Å²) in [5.41, 5.74) is 2.82. The zero-order valence-corrected chi connectivity index (χ0v) is 15.8. The molecule has 3 aromatic carbocycles. The minimum atomic E-state index is -3.14. The van der Waals surface area contributed by atoms with Crippen molar-refractivity contribution in [1.82, 2.24) is 0 Å². The van der Waals surface area contributed by atoms with Crippen LogP contribution in [0.25, 0.3) is 0 Å². The van der Waals surface area contributed by atoms with E-state index in [4.69, 9.17) is 11.6 Å². The van der Waals surface area contributed by atoms with Gasteiger partial charge in [-0.2, -0.15) is 0 Å². The molecule has 3 rings (SSSR count). The maximum atomic E-state index is 14.1. The normalized spacial score (nSPS) is 11.8. The van der Waals surface area contributed by atoms with Crippen molar-refractivity contribution in [3.05, 3.63) is 94.5 Å². The number of rotatable bonds is 4. The smallest absolute Gasteiger partial charge is 0.247 e. The maximum Gasteiger partial charge on any atom is 0.247 e. The van der Waals surface area contributed by atoms with Gasteiger partial charge in [0.25, 0.3) is 0 Å². The summed E-state index contributed by atoms with van der Waals surface area (Å²) in [6, 6.07) is 22.8. The number of benzene rings is 3. The van der Waals surface area contributed by atoms with Gasteiger partial charge < -0.3 is 0 Å². The van der Waals surface area contributed by atoms with Crippen molar-refractivity contribution < 1.29 is 4.57 Å². The molecule has 0 unspecified atom stereocenters. The van der Waals surface area contributed by atoms with E-state index in [1.54, 1.807) is 18.3 Å². The zero-order valence-electron chi connectivity index (χ0n) is 14.2. The summed E-state index contributed by atoms with van der Waals surface area (Å²) in [7, 11) is -3.14. The summed E-state index contributed by atoms with van der Waals surface area (Å²) in [4.78, 5) is 0. The van der Waals surface area contributed by atoms with Crippen LogP contribution in [0, 0.1) is 13.8 Å². The van der Waals surface area contributed by atoms with E-state index in [-0.39, 0.29) is 0 Å². The van der Waals surface area contributed by atoms with E-state index in [1.165, 1.54) is 0 Å². The van der Waals surface area contributed by atoms with Gasteiger partial charge in [0.15, 0.2) is 0 Å². The Morgan fingerprint density at radius 1 is 0.800 bits per heavy atom. The molecule has 0 spiro atoms. The van der Waals surface area contributed by atoms with Crippen molar-refractivity contribution in [2.45, 2.75) is 13.8 Å². The van der Waals surface area contributed by atoms with Gasteiger partial charge in [-0.15, -0.1) is 0 Å². The highest BCUT2D eigenvalue weighted by atomic mass is 35.5. The van der Waals surface area contributed by atoms with Crippen molar-refractivity contribution in [2.75, 3.05) is 0 Å². The average Bonchev–Trinajstić information content (AvgIpc) is 2.62. The fourth-order valence-corrected chi connectivity index (χ4v) is 5.37.